The van der Waals surface area contributed by atoms with Crippen LogP contribution in [-0.2, 0) is 17.5 Å². The van der Waals surface area contributed by atoms with Crippen molar-refractivity contribution in [2.45, 2.75) is 24.0 Å². The van der Waals surface area contributed by atoms with Crippen LogP contribution in [0.2, 0.25) is 5.02 Å². The van der Waals surface area contributed by atoms with Gasteiger partial charge in [-0.3, -0.25) is 4.40 Å². The van der Waals surface area contributed by atoms with Crippen molar-refractivity contribution in [3.05, 3.63) is 52.7 Å². The number of nitrogens with zero attached hydrogens (tertiary/aromatic N) is 3. The average Bonchev–Trinajstić information content (AvgIpc) is 3.10. The van der Waals surface area contributed by atoms with Crippen LogP contribution >= 0.6 is 23.4 Å². The Labute approximate surface area is 173 Å². The van der Waals surface area contributed by atoms with Gasteiger partial charge in [-0.15, -0.1) is 10.2 Å². The van der Waals surface area contributed by atoms with Gasteiger partial charge in [0.15, 0.2) is 10.8 Å². The molecule has 29 heavy (non-hydrogen) atoms. The molecule has 1 aromatic carbocycles. The normalized spacial score (nSPS) is 13.0. The Kier molecular flexibility index (Phi) is 6.89. The number of benzene rings is 1. The maximum absolute atomic E-state index is 13.0. The highest BCUT2D eigenvalue weighted by molar-refractivity contribution is 7.99. The standard InChI is InChI=1S/C18H17ClF3N3O3S/c1-27-14-4-2-11(3-5-14)8-28-9-13(26)10-29-17-24-23-16-15(19)6-12(7-25(16)17)18(20,21)22/h2-7,13,26H,8-10H2,1H3/t13-/m0/s1. The summed E-state index contributed by atoms with van der Waals surface area (Å²) in [5.41, 5.74) is 0.135. The van der Waals surface area contributed by atoms with Crippen LogP contribution in [-0.4, -0.2) is 45.3 Å². The Hall–Kier alpha value is -2.01. The van der Waals surface area contributed by atoms with Crippen molar-refractivity contribution in [3.63, 3.8) is 0 Å². The van der Waals surface area contributed by atoms with Crippen LogP contribution in [0.4, 0.5) is 13.2 Å². The first-order chi connectivity index (χ1) is 13.8. The van der Waals surface area contributed by atoms with Gasteiger partial charge >= 0.3 is 6.18 Å². The fraction of sp³-hybridized carbons (Fsp3) is 0.333. The second-order valence-corrected chi connectivity index (χ2v) is 7.47. The molecule has 2 heterocycles. The molecule has 3 rings (SSSR count). The lowest BCUT2D eigenvalue weighted by Gasteiger charge is -2.11. The molecule has 0 unspecified atom stereocenters. The zero-order valence-electron chi connectivity index (χ0n) is 15.2. The zero-order chi connectivity index (χ0) is 21.0. The van der Waals surface area contributed by atoms with E-state index in [9.17, 15) is 18.3 Å². The maximum atomic E-state index is 13.0. The molecule has 0 aliphatic heterocycles. The minimum atomic E-state index is -4.54. The van der Waals surface area contributed by atoms with Gasteiger partial charge in [0.25, 0.3) is 0 Å². The predicted octanol–water partition coefficient (Wildman–Crippen LogP) is 4.08. The van der Waals surface area contributed by atoms with Crippen LogP contribution in [0.3, 0.4) is 0 Å². The second-order valence-electron chi connectivity index (χ2n) is 6.08. The van der Waals surface area contributed by atoms with E-state index in [1.54, 1.807) is 7.11 Å². The van der Waals surface area contributed by atoms with Crippen molar-refractivity contribution in [2.24, 2.45) is 0 Å². The number of fused-ring (bicyclic) bond motifs is 1. The molecule has 0 aliphatic rings. The summed E-state index contributed by atoms with van der Waals surface area (Å²) in [7, 11) is 1.58. The number of hydrogen-bond donors (Lipinski definition) is 1. The molecule has 2 aromatic heterocycles. The fourth-order valence-electron chi connectivity index (χ4n) is 2.44. The summed E-state index contributed by atoms with van der Waals surface area (Å²) in [6.45, 7) is 0.370. The van der Waals surface area contributed by atoms with E-state index in [-0.39, 0.29) is 28.2 Å². The summed E-state index contributed by atoms with van der Waals surface area (Å²) in [5.74, 6) is 0.900. The number of ether oxygens (including phenoxy) is 2. The molecule has 0 saturated carbocycles. The van der Waals surface area contributed by atoms with Crippen molar-refractivity contribution in [1.29, 1.82) is 0 Å². The third-order valence-corrected chi connectivity index (χ3v) is 5.26. The van der Waals surface area contributed by atoms with Gasteiger partial charge < -0.3 is 14.6 Å². The number of hydrogen-bond acceptors (Lipinski definition) is 6. The minimum Gasteiger partial charge on any atom is -0.497 e. The lowest BCUT2D eigenvalue weighted by atomic mass is 10.2. The fourth-order valence-corrected chi connectivity index (χ4v) is 3.50. The van der Waals surface area contributed by atoms with Gasteiger partial charge in [0.1, 0.15) is 5.75 Å². The zero-order valence-corrected chi connectivity index (χ0v) is 16.8. The van der Waals surface area contributed by atoms with Gasteiger partial charge in [-0.2, -0.15) is 13.2 Å². The number of alkyl halides is 3. The predicted molar refractivity (Wildman–Crippen MR) is 102 cm³/mol. The molecule has 0 spiro atoms. The Bertz CT molecular complexity index is 967. The lowest BCUT2D eigenvalue weighted by molar-refractivity contribution is -0.137. The Morgan fingerprint density at radius 3 is 2.62 bits per heavy atom. The number of aliphatic hydroxyl groups excluding tert-OH is 1. The van der Waals surface area contributed by atoms with E-state index in [2.05, 4.69) is 10.2 Å². The average molecular weight is 448 g/mol. The number of halogens is 4. The number of methoxy groups -OCH3 is 1. The summed E-state index contributed by atoms with van der Waals surface area (Å²) < 4.78 is 50.7. The third kappa shape index (κ3) is 5.53. The molecule has 0 fully saturated rings. The van der Waals surface area contributed by atoms with E-state index >= 15 is 0 Å². The largest absolute Gasteiger partial charge is 0.497 e. The quantitative estimate of drug-likeness (QED) is 0.525. The molecule has 0 saturated heterocycles. The third-order valence-electron chi connectivity index (χ3n) is 3.90. The molecule has 0 amide bonds. The molecule has 0 radical (unpaired) electrons. The molecule has 3 aromatic rings. The number of pyridine rings is 1. The SMILES string of the molecule is COc1ccc(COC[C@H](O)CSc2nnc3c(Cl)cc(C(F)(F)F)cn23)cc1. The highest BCUT2D eigenvalue weighted by Gasteiger charge is 2.32. The number of aromatic nitrogens is 3. The molecule has 1 N–H and O–H groups in total. The lowest BCUT2D eigenvalue weighted by Crippen LogP contribution is -2.18. The molecular weight excluding hydrogens is 431 g/mol. The minimum absolute atomic E-state index is 0.0598. The van der Waals surface area contributed by atoms with Crippen LogP contribution in [0, 0.1) is 0 Å². The summed E-state index contributed by atoms with van der Waals surface area (Å²) in [6.07, 6.45) is -4.50. The van der Waals surface area contributed by atoms with E-state index < -0.39 is 17.8 Å². The molecule has 0 aliphatic carbocycles. The topological polar surface area (TPSA) is 68.9 Å². The van der Waals surface area contributed by atoms with Crippen LogP contribution in [0.1, 0.15) is 11.1 Å². The van der Waals surface area contributed by atoms with Gasteiger partial charge in [-0.05, 0) is 23.8 Å². The van der Waals surface area contributed by atoms with Crippen LogP contribution in [0.15, 0.2) is 41.7 Å². The van der Waals surface area contributed by atoms with E-state index in [1.807, 2.05) is 24.3 Å². The van der Waals surface area contributed by atoms with E-state index in [0.717, 1.165) is 35.3 Å². The Balaban J connectivity index is 1.56. The summed E-state index contributed by atoms with van der Waals surface area (Å²) >= 11 is 6.94. The van der Waals surface area contributed by atoms with Crippen molar-refractivity contribution in [3.8, 4) is 5.75 Å². The Morgan fingerprint density at radius 2 is 1.97 bits per heavy atom. The molecule has 156 valence electrons. The summed E-state index contributed by atoms with van der Waals surface area (Å²) in [4.78, 5) is 0. The van der Waals surface area contributed by atoms with Gasteiger partial charge in [0, 0.05) is 11.9 Å². The van der Waals surface area contributed by atoms with Crippen molar-refractivity contribution < 1.29 is 27.8 Å². The van der Waals surface area contributed by atoms with E-state index in [1.165, 1.54) is 4.40 Å². The molecule has 0 bridgehead atoms. The molecular formula is C18H17ClF3N3O3S. The summed E-state index contributed by atoms with van der Waals surface area (Å²) in [6, 6.07) is 8.12. The van der Waals surface area contributed by atoms with E-state index in [0.29, 0.717) is 6.61 Å². The van der Waals surface area contributed by atoms with Crippen LogP contribution in [0.25, 0.3) is 5.65 Å². The monoisotopic (exact) mass is 447 g/mol. The van der Waals surface area contributed by atoms with Gasteiger partial charge in [0.2, 0.25) is 0 Å². The highest BCUT2D eigenvalue weighted by atomic mass is 35.5. The van der Waals surface area contributed by atoms with Gasteiger partial charge in [-0.25, -0.2) is 0 Å². The van der Waals surface area contributed by atoms with Gasteiger partial charge in [-0.1, -0.05) is 35.5 Å². The molecule has 6 nitrogen and oxygen atoms in total. The van der Waals surface area contributed by atoms with E-state index in [4.69, 9.17) is 21.1 Å². The highest BCUT2D eigenvalue weighted by Crippen LogP contribution is 2.33. The smallest absolute Gasteiger partial charge is 0.417 e. The first kappa shape index (κ1) is 21.7. The van der Waals surface area contributed by atoms with Crippen molar-refractivity contribution in [2.75, 3.05) is 19.5 Å². The van der Waals surface area contributed by atoms with Crippen LogP contribution in [0.5, 0.6) is 5.75 Å². The van der Waals surface area contributed by atoms with Crippen molar-refractivity contribution in [1.82, 2.24) is 14.6 Å². The molecule has 11 heteroatoms. The number of aliphatic hydroxyl groups is 1. The molecule has 1 atom stereocenters. The number of rotatable bonds is 8. The maximum Gasteiger partial charge on any atom is 0.417 e. The van der Waals surface area contributed by atoms with Gasteiger partial charge in [0.05, 0.1) is 37.0 Å². The Morgan fingerprint density at radius 1 is 1.24 bits per heavy atom. The van der Waals surface area contributed by atoms with Crippen molar-refractivity contribution >= 4 is 29.0 Å². The number of thioether (sulfide) groups is 1. The summed E-state index contributed by atoms with van der Waals surface area (Å²) in [5, 5.41) is 17.8. The first-order valence-corrected chi connectivity index (χ1v) is 9.77. The second kappa shape index (κ2) is 9.21. The first-order valence-electron chi connectivity index (χ1n) is 8.41. The van der Waals surface area contributed by atoms with Crippen LogP contribution < -0.4 is 4.74 Å².